The van der Waals surface area contributed by atoms with Gasteiger partial charge in [-0.05, 0) is 29.3 Å². The highest BCUT2D eigenvalue weighted by Gasteiger charge is 2.19. The Morgan fingerprint density at radius 2 is 2.00 bits per heavy atom. The van der Waals surface area contributed by atoms with E-state index in [0.717, 1.165) is 41.3 Å². The monoisotopic (exact) mass is 474 g/mol. The molecule has 2 aromatic heterocycles. The molecule has 8 nitrogen and oxygen atoms in total. The molecule has 1 N–H and O–H groups in total. The number of halogens is 1. The van der Waals surface area contributed by atoms with Gasteiger partial charge < -0.3 is 19.7 Å². The molecule has 0 unspecified atom stereocenters. The van der Waals surface area contributed by atoms with Crippen molar-refractivity contribution < 1.29 is 9.47 Å². The van der Waals surface area contributed by atoms with Gasteiger partial charge in [0.15, 0.2) is 11.5 Å². The zero-order chi connectivity index (χ0) is 23.1. The molecule has 0 aliphatic carbocycles. The molecular weight excluding hydrogens is 452 g/mol. The van der Waals surface area contributed by atoms with Crippen LogP contribution in [-0.4, -0.2) is 54.0 Å². The third-order valence-electron chi connectivity index (χ3n) is 6.19. The molecule has 34 heavy (non-hydrogen) atoms. The molecule has 1 fully saturated rings. The molecule has 0 saturated carbocycles. The summed E-state index contributed by atoms with van der Waals surface area (Å²) in [6.45, 7) is 3.78. The Kier molecular flexibility index (Phi) is 5.31. The van der Waals surface area contributed by atoms with Crippen LogP contribution in [0, 0.1) is 0 Å². The summed E-state index contributed by atoms with van der Waals surface area (Å²) < 4.78 is 13.0. The SMILES string of the molecule is COc1cc(Nc2nc(-c3ccc4c(c3)CN=C4)c(Cl)n3ccnc23)ccc1N1CCOCC1. The maximum atomic E-state index is 6.76. The molecule has 0 radical (unpaired) electrons. The molecule has 0 amide bonds. The van der Waals surface area contributed by atoms with E-state index >= 15 is 0 Å². The van der Waals surface area contributed by atoms with E-state index in [1.54, 1.807) is 13.3 Å². The van der Waals surface area contributed by atoms with Crippen molar-refractivity contribution in [3.63, 3.8) is 0 Å². The Morgan fingerprint density at radius 3 is 2.85 bits per heavy atom. The lowest BCUT2D eigenvalue weighted by Gasteiger charge is -2.30. The molecule has 0 spiro atoms. The quantitative estimate of drug-likeness (QED) is 0.456. The number of imidazole rings is 1. The number of fused-ring (bicyclic) bond motifs is 2. The summed E-state index contributed by atoms with van der Waals surface area (Å²) in [4.78, 5) is 16.0. The lowest BCUT2D eigenvalue weighted by atomic mass is 10.0. The van der Waals surface area contributed by atoms with Crippen LogP contribution in [0.3, 0.4) is 0 Å². The Labute approximate surface area is 201 Å². The fourth-order valence-corrected chi connectivity index (χ4v) is 4.73. The number of ether oxygens (including phenoxy) is 2. The van der Waals surface area contributed by atoms with Crippen molar-refractivity contribution in [3.8, 4) is 17.0 Å². The van der Waals surface area contributed by atoms with Crippen molar-refractivity contribution in [1.82, 2.24) is 14.4 Å². The molecule has 4 heterocycles. The normalized spacial score (nSPS) is 15.1. The summed E-state index contributed by atoms with van der Waals surface area (Å²) in [5.74, 6) is 1.40. The van der Waals surface area contributed by atoms with Gasteiger partial charge in [0.1, 0.15) is 16.6 Å². The number of aliphatic imine (C=N–C) groups is 1. The van der Waals surface area contributed by atoms with Gasteiger partial charge in [-0.1, -0.05) is 23.7 Å². The number of hydrogen-bond acceptors (Lipinski definition) is 7. The van der Waals surface area contributed by atoms with Gasteiger partial charge in [-0.2, -0.15) is 0 Å². The summed E-state index contributed by atoms with van der Waals surface area (Å²) >= 11 is 6.76. The Balaban J connectivity index is 1.38. The highest BCUT2D eigenvalue weighted by atomic mass is 35.5. The van der Waals surface area contributed by atoms with Crippen molar-refractivity contribution >= 4 is 40.7 Å². The predicted molar refractivity (Wildman–Crippen MR) is 134 cm³/mol. The summed E-state index contributed by atoms with van der Waals surface area (Å²) in [6.07, 6.45) is 5.46. The first-order valence-electron chi connectivity index (χ1n) is 11.1. The number of methoxy groups -OCH3 is 1. The van der Waals surface area contributed by atoms with Gasteiger partial charge in [-0.15, -0.1) is 0 Å². The number of nitrogens with one attached hydrogen (secondary N) is 1. The van der Waals surface area contributed by atoms with Gasteiger partial charge in [-0.3, -0.25) is 9.39 Å². The van der Waals surface area contributed by atoms with E-state index in [2.05, 4.69) is 38.4 Å². The first-order valence-corrected chi connectivity index (χ1v) is 11.5. The van der Waals surface area contributed by atoms with Crippen molar-refractivity contribution in [1.29, 1.82) is 0 Å². The Bertz CT molecular complexity index is 1410. The van der Waals surface area contributed by atoms with Crippen LogP contribution >= 0.6 is 11.6 Å². The fraction of sp³-hybridized carbons (Fsp3) is 0.240. The van der Waals surface area contributed by atoms with Crippen LogP contribution in [0.25, 0.3) is 16.9 Å². The average molecular weight is 475 g/mol. The maximum absolute atomic E-state index is 6.76. The molecule has 2 aromatic carbocycles. The minimum atomic E-state index is 0.511. The molecule has 6 rings (SSSR count). The smallest absolute Gasteiger partial charge is 0.181 e. The van der Waals surface area contributed by atoms with Crippen molar-refractivity contribution in [2.24, 2.45) is 4.99 Å². The second-order valence-electron chi connectivity index (χ2n) is 8.22. The third kappa shape index (κ3) is 3.65. The molecule has 2 aliphatic rings. The summed E-state index contributed by atoms with van der Waals surface area (Å²) in [7, 11) is 1.69. The zero-order valence-corrected chi connectivity index (χ0v) is 19.4. The first-order chi connectivity index (χ1) is 16.7. The lowest BCUT2D eigenvalue weighted by molar-refractivity contribution is 0.122. The zero-order valence-electron chi connectivity index (χ0n) is 18.7. The second kappa shape index (κ2) is 8.62. The largest absolute Gasteiger partial charge is 0.495 e. The van der Waals surface area contributed by atoms with E-state index < -0.39 is 0 Å². The third-order valence-corrected chi connectivity index (χ3v) is 6.55. The van der Waals surface area contributed by atoms with Crippen LogP contribution in [0.4, 0.5) is 17.2 Å². The highest BCUT2D eigenvalue weighted by Crippen LogP contribution is 2.35. The first kappa shape index (κ1) is 20.9. The summed E-state index contributed by atoms with van der Waals surface area (Å²) in [6, 6.07) is 12.2. The molecule has 9 heteroatoms. The van der Waals surface area contributed by atoms with E-state index in [4.69, 9.17) is 26.1 Å². The van der Waals surface area contributed by atoms with Gasteiger partial charge in [0.2, 0.25) is 0 Å². The van der Waals surface area contributed by atoms with Gasteiger partial charge in [0, 0.05) is 49.0 Å². The second-order valence-corrected chi connectivity index (χ2v) is 8.57. The number of aromatic nitrogens is 3. The Hall–Kier alpha value is -3.62. The van der Waals surface area contributed by atoms with Crippen LogP contribution < -0.4 is 15.0 Å². The molecule has 172 valence electrons. The van der Waals surface area contributed by atoms with Crippen LogP contribution in [0.15, 0.2) is 53.8 Å². The van der Waals surface area contributed by atoms with Gasteiger partial charge in [-0.25, -0.2) is 9.97 Å². The van der Waals surface area contributed by atoms with Gasteiger partial charge in [0.25, 0.3) is 0 Å². The lowest BCUT2D eigenvalue weighted by Crippen LogP contribution is -2.36. The number of hydrogen-bond donors (Lipinski definition) is 1. The number of anilines is 3. The molecule has 2 aliphatic heterocycles. The average Bonchev–Trinajstić information content (AvgIpc) is 3.56. The van der Waals surface area contributed by atoms with E-state index in [1.165, 1.54) is 5.56 Å². The fourth-order valence-electron chi connectivity index (χ4n) is 4.44. The van der Waals surface area contributed by atoms with Crippen LogP contribution in [0.5, 0.6) is 5.75 Å². The summed E-state index contributed by atoms with van der Waals surface area (Å²) in [5.41, 5.74) is 6.46. The predicted octanol–water partition coefficient (Wildman–Crippen LogP) is 4.57. The van der Waals surface area contributed by atoms with E-state index in [-0.39, 0.29) is 0 Å². The topological polar surface area (TPSA) is 76.3 Å². The van der Waals surface area contributed by atoms with Crippen molar-refractivity contribution in [3.05, 3.63) is 65.1 Å². The number of rotatable bonds is 5. The maximum Gasteiger partial charge on any atom is 0.181 e. The molecular formula is C25H23ClN6O2. The molecule has 4 aromatic rings. The number of benzene rings is 2. The minimum Gasteiger partial charge on any atom is -0.495 e. The molecule has 1 saturated heterocycles. The standard InChI is InChI=1S/C25H23ClN6O2/c1-33-21-13-19(4-5-20(21)31-8-10-34-11-9-31)29-24-25-28-6-7-32(25)23(26)22(30-24)16-2-3-17-14-27-15-18(17)12-16/h2-7,12-14H,8-11,15H2,1H3,(H,29,30). The van der Waals surface area contributed by atoms with E-state index in [0.29, 0.717) is 42.1 Å². The van der Waals surface area contributed by atoms with Crippen LogP contribution in [0.1, 0.15) is 11.1 Å². The number of nitrogens with zero attached hydrogens (tertiary/aromatic N) is 5. The molecule has 0 atom stereocenters. The summed E-state index contributed by atoms with van der Waals surface area (Å²) in [5, 5.41) is 3.94. The molecule has 0 bridgehead atoms. The van der Waals surface area contributed by atoms with E-state index in [9.17, 15) is 0 Å². The van der Waals surface area contributed by atoms with E-state index in [1.807, 2.05) is 35.0 Å². The van der Waals surface area contributed by atoms with Crippen molar-refractivity contribution in [2.75, 3.05) is 43.6 Å². The van der Waals surface area contributed by atoms with Crippen LogP contribution in [0.2, 0.25) is 5.15 Å². The number of morpholine rings is 1. The Morgan fingerprint density at radius 1 is 1.12 bits per heavy atom. The van der Waals surface area contributed by atoms with Gasteiger partial charge >= 0.3 is 0 Å². The van der Waals surface area contributed by atoms with Gasteiger partial charge in [0.05, 0.1) is 32.6 Å². The van der Waals surface area contributed by atoms with Crippen molar-refractivity contribution in [2.45, 2.75) is 6.54 Å². The van der Waals surface area contributed by atoms with Crippen LogP contribution in [-0.2, 0) is 11.3 Å². The highest BCUT2D eigenvalue weighted by molar-refractivity contribution is 6.32. The minimum absolute atomic E-state index is 0.511.